The van der Waals surface area contributed by atoms with Crippen LogP contribution in [0.5, 0.6) is 0 Å². The highest BCUT2D eigenvalue weighted by Crippen LogP contribution is 2.24. The van der Waals surface area contributed by atoms with Gasteiger partial charge >= 0.3 is 0 Å². The Morgan fingerprint density at radius 2 is 2.00 bits per heavy atom. The van der Waals surface area contributed by atoms with Crippen molar-refractivity contribution >= 4 is 29.1 Å². The van der Waals surface area contributed by atoms with E-state index in [0.717, 1.165) is 50.4 Å². The monoisotopic (exact) mass is 342 g/mol. The largest absolute Gasteiger partial charge is 0.343 e. The van der Waals surface area contributed by atoms with Crippen molar-refractivity contribution in [2.45, 2.75) is 32.1 Å². The lowest BCUT2D eigenvalue weighted by atomic mass is 9.93. The molecule has 0 atom stereocenters. The van der Waals surface area contributed by atoms with Gasteiger partial charge in [-0.1, -0.05) is 29.3 Å². The predicted molar refractivity (Wildman–Crippen MR) is 92.6 cm³/mol. The van der Waals surface area contributed by atoms with Gasteiger partial charge in [0.2, 0.25) is 5.91 Å². The van der Waals surface area contributed by atoms with Gasteiger partial charge in [0.05, 0.1) is 10.0 Å². The van der Waals surface area contributed by atoms with E-state index >= 15 is 0 Å². The second-order valence-electron chi connectivity index (χ2n) is 5.96. The van der Waals surface area contributed by atoms with Crippen LogP contribution in [-0.2, 0) is 11.2 Å². The molecule has 3 nitrogen and oxygen atoms in total. The molecule has 0 aliphatic carbocycles. The third-order valence-electron chi connectivity index (χ3n) is 4.38. The normalized spacial score (nSPS) is 16.0. The minimum atomic E-state index is 0.248. The fraction of sp³-hybridized carbons (Fsp3) is 0.588. The van der Waals surface area contributed by atoms with Crippen molar-refractivity contribution in [3.05, 3.63) is 33.8 Å². The predicted octanol–water partition coefficient (Wildman–Crippen LogP) is 3.77. The number of nitrogens with one attached hydrogen (secondary N) is 1. The Labute approximate surface area is 143 Å². The zero-order chi connectivity index (χ0) is 15.9. The van der Waals surface area contributed by atoms with E-state index in [9.17, 15) is 4.79 Å². The number of halogens is 2. The summed E-state index contributed by atoms with van der Waals surface area (Å²) in [4.78, 5) is 14.3. The van der Waals surface area contributed by atoms with E-state index in [4.69, 9.17) is 23.2 Å². The van der Waals surface area contributed by atoms with Gasteiger partial charge in [0, 0.05) is 19.5 Å². The Balaban J connectivity index is 1.75. The van der Waals surface area contributed by atoms with Crippen LogP contribution in [0, 0.1) is 5.92 Å². The number of carbonyl (C=O) groups is 1. The van der Waals surface area contributed by atoms with E-state index < -0.39 is 0 Å². The van der Waals surface area contributed by atoms with Gasteiger partial charge in [0.25, 0.3) is 0 Å². The molecular weight excluding hydrogens is 319 g/mol. The molecule has 1 heterocycles. The molecule has 1 saturated heterocycles. The number of benzene rings is 1. The maximum Gasteiger partial charge on any atom is 0.222 e. The zero-order valence-electron chi connectivity index (χ0n) is 13.1. The minimum Gasteiger partial charge on any atom is -0.343 e. The van der Waals surface area contributed by atoms with E-state index in [1.165, 1.54) is 6.42 Å². The van der Waals surface area contributed by atoms with E-state index in [1.54, 1.807) is 6.07 Å². The van der Waals surface area contributed by atoms with Crippen molar-refractivity contribution in [3.63, 3.8) is 0 Å². The van der Waals surface area contributed by atoms with E-state index in [1.807, 2.05) is 24.1 Å². The molecule has 0 saturated carbocycles. The molecule has 1 aliphatic heterocycles. The lowest BCUT2D eigenvalue weighted by Gasteiger charge is -2.32. The van der Waals surface area contributed by atoms with Crippen LogP contribution in [-0.4, -0.2) is 37.5 Å². The van der Waals surface area contributed by atoms with Crippen LogP contribution in [0.25, 0.3) is 0 Å². The number of rotatable bonds is 6. The second-order valence-corrected chi connectivity index (χ2v) is 6.78. The van der Waals surface area contributed by atoms with Crippen molar-refractivity contribution < 1.29 is 4.79 Å². The van der Waals surface area contributed by atoms with E-state index in [0.29, 0.717) is 16.5 Å². The van der Waals surface area contributed by atoms with Gasteiger partial charge in [0.1, 0.15) is 0 Å². The zero-order valence-corrected chi connectivity index (χ0v) is 14.6. The third-order valence-corrected chi connectivity index (χ3v) is 5.12. The van der Waals surface area contributed by atoms with Gasteiger partial charge in [-0.2, -0.15) is 0 Å². The second kappa shape index (κ2) is 8.76. The quantitative estimate of drug-likeness (QED) is 0.853. The van der Waals surface area contributed by atoms with Crippen molar-refractivity contribution in [1.29, 1.82) is 0 Å². The Kier molecular flexibility index (Phi) is 7.00. The number of carbonyl (C=O) groups excluding carboxylic acids is 1. The summed E-state index contributed by atoms with van der Waals surface area (Å²) < 4.78 is 0. The fourth-order valence-electron chi connectivity index (χ4n) is 2.92. The topological polar surface area (TPSA) is 32.3 Å². The van der Waals surface area contributed by atoms with Crippen LogP contribution < -0.4 is 5.32 Å². The van der Waals surface area contributed by atoms with Gasteiger partial charge in [0.15, 0.2) is 0 Å². The summed E-state index contributed by atoms with van der Waals surface area (Å²) in [5.41, 5.74) is 1.06. The molecule has 1 amide bonds. The summed E-state index contributed by atoms with van der Waals surface area (Å²) in [7, 11) is 1.99. The van der Waals surface area contributed by atoms with Crippen molar-refractivity contribution in [2.75, 3.05) is 26.7 Å². The average molecular weight is 343 g/mol. The summed E-state index contributed by atoms with van der Waals surface area (Å²) in [6.45, 7) is 2.86. The van der Waals surface area contributed by atoms with Crippen LogP contribution in [0.15, 0.2) is 18.2 Å². The summed E-state index contributed by atoms with van der Waals surface area (Å²) >= 11 is 11.9. The highest BCUT2D eigenvalue weighted by atomic mass is 35.5. The highest BCUT2D eigenvalue weighted by Gasteiger charge is 2.22. The molecule has 1 aromatic carbocycles. The molecule has 5 heteroatoms. The molecule has 1 aliphatic rings. The molecule has 1 N–H and O–H groups in total. The van der Waals surface area contributed by atoms with Gasteiger partial charge in [-0.25, -0.2) is 0 Å². The minimum absolute atomic E-state index is 0.248. The van der Waals surface area contributed by atoms with Crippen molar-refractivity contribution in [1.82, 2.24) is 10.2 Å². The van der Waals surface area contributed by atoms with Crippen molar-refractivity contribution in [2.24, 2.45) is 5.92 Å². The fourth-order valence-corrected chi connectivity index (χ4v) is 3.24. The van der Waals surface area contributed by atoms with Gasteiger partial charge in [-0.3, -0.25) is 4.79 Å². The molecular formula is C17H24Cl2N2O. The molecule has 0 aromatic heterocycles. The van der Waals surface area contributed by atoms with Crippen LogP contribution >= 0.6 is 23.2 Å². The van der Waals surface area contributed by atoms with Crippen LogP contribution in [0.4, 0.5) is 0 Å². The molecule has 0 unspecified atom stereocenters. The summed E-state index contributed by atoms with van der Waals surface area (Å²) in [6.07, 6.45) is 4.72. The van der Waals surface area contributed by atoms with Crippen LogP contribution in [0.2, 0.25) is 10.0 Å². The number of aryl methyl sites for hydroxylation is 1. The van der Waals surface area contributed by atoms with Gasteiger partial charge in [-0.15, -0.1) is 0 Å². The molecule has 0 spiro atoms. The van der Waals surface area contributed by atoms with Gasteiger partial charge < -0.3 is 10.2 Å². The maximum atomic E-state index is 12.3. The molecule has 22 heavy (non-hydrogen) atoms. The highest BCUT2D eigenvalue weighted by molar-refractivity contribution is 6.42. The van der Waals surface area contributed by atoms with Crippen LogP contribution in [0.3, 0.4) is 0 Å². The summed E-state index contributed by atoms with van der Waals surface area (Å²) in [5, 5.41) is 4.30. The van der Waals surface area contributed by atoms with Gasteiger partial charge in [-0.05, 0) is 62.9 Å². The smallest absolute Gasteiger partial charge is 0.222 e. The maximum absolute atomic E-state index is 12.3. The standard InChI is InChI=1S/C17H24Cl2N2O/c1-20-9-6-13-7-10-21(11-8-13)17(22)5-3-14-2-4-15(18)16(19)12-14/h2,4,12-13,20H,3,5-11H2,1H3. The lowest BCUT2D eigenvalue weighted by Crippen LogP contribution is -2.39. The molecule has 2 rings (SSSR count). The first-order chi connectivity index (χ1) is 10.6. The Hall–Kier alpha value is -0.770. The molecule has 1 aromatic rings. The van der Waals surface area contributed by atoms with E-state index in [2.05, 4.69) is 5.32 Å². The number of hydrogen-bond donors (Lipinski definition) is 1. The first-order valence-corrected chi connectivity index (χ1v) is 8.72. The van der Waals surface area contributed by atoms with Crippen LogP contribution in [0.1, 0.15) is 31.2 Å². The molecule has 0 radical (unpaired) electrons. The molecule has 122 valence electrons. The Morgan fingerprint density at radius 3 is 2.64 bits per heavy atom. The number of piperidine rings is 1. The van der Waals surface area contributed by atoms with Crippen molar-refractivity contribution in [3.8, 4) is 0 Å². The first kappa shape index (κ1) is 17.6. The lowest BCUT2D eigenvalue weighted by molar-refractivity contribution is -0.132. The number of nitrogens with zero attached hydrogens (tertiary/aromatic N) is 1. The number of amides is 1. The summed E-state index contributed by atoms with van der Waals surface area (Å²) in [5.74, 6) is 1.00. The first-order valence-electron chi connectivity index (χ1n) is 7.96. The number of likely N-dealkylation sites (tertiary alicyclic amines) is 1. The average Bonchev–Trinajstić information content (AvgIpc) is 2.54. The Morgan fingerprint density at radius 1 is 1.27 bits per heavy atom. The molecule has 0 bridgehead atoms. The number of hydrogen-bond acceptors (Lipinski definition) is 2. The summed E-state index contributed by atoms with van der Waals surface area (Å²) in [6, 6.07) is 5.57. The Bertz CT molecular complexity index is 499. The SMILES string of the molecule is CNCCC1CCN(C(=O)CCc2ccc(Cl)c(Cl)c2)CC1. The third kappa shape index (κ3) is 5.15. The van der Waals surface area contributed by atoms with E-state index in [-0.39, 0.29) is 5.91 Å². The molecule has 1 fully saturated rings.